The van der Waals surface area contributed by atoms with Gasteiger partial charge in [0, 0.05) is 24.7 Å². The first-order valence-corrected chi connectivity index (χ1v) is 6.81. The lowest BCUT2D eigenvalue weighted by molar-refractivity contribution is 0.192. The average molecular weight is 251 g/mol. The second-order valence-electron chi connectivity index (χ2n) is 5.20. The molecule has 0 saturated carbocycles. The van der Waals surface area contributed by atoms with Crippen LogP contribution in [-0.4, -0.2) is 23.0 Å². The molecule has 0 spiro atoms. The lowest BCUT2D eigenvalue weighted by Gasteiger charge is -2.29. The van der Waals surface area contributed by atoms with E-state index in [4.69, 9.17) is 5.26 Å². The second kappa shape index (κ2) is 5.38. The van der Waals surface area contributed by atoms with E-state index in [9.17, 15) is 0 Å². The van der Waals surface area contributed by atoms with Gasteiger partial charge in [-0.05, 0) is 31.0 Å². The highest BCUT2D eigenvalue weighted by Crippen LogP contribution is 2.21. The molecule has 3 heteroatoms. The van der Waals surface area contributed by atoms with Gasteiger partial charge in [-0.15, -0.1) is 0 Å². The molecule has 3 rings (SSSR count). The third-order valence-electron chi connectivity index (χ3n) is 3.80. The lowest BCUT2D eigenvalue weighted by Crippen LogP contribution is -2.34. The molecule has 0 radical (unpaired) electrons. The molecule has 1 aromatic heterocycles. The SMILES string of the molecule is N#CC1CCCN(Cc2cccc3cccnc23)C1. The second-order valence-corrected chi connectivity index (χ2v) is 5.20. The molecule has 1 unspecified atom stereocenters. The summed E-state index contributed by atoms with van der Waals surface area (Å²) in [6.07, 6.45) is 4.01. The summed E-state index contributed by atoms with van der Waals surface area (Å²) in [4.78, 5) is 6.87. The van der Waals surface area contributed by atoms with E-state index in [0.29, 0.717) is 0 Å². The van der Waals surface area contributed by atoms with Gasteiger partial charge in [-0.25, -0.2) is 0 Å². The molecule has 96 valence electrons. The van der Waals surface area contributed by atoms with E-state index < -0.39 is 0 Å². The number of hydrogen-bond donors (Lipinski definition) is 0. The van der Waals surface area contributed by atoms with Gasteiger partial charge < -0.3 is 0 Å². The molecular weight excluding hydrogens is 234 g/mol. The van der Waals surface area contributed by atoms with Gasteiger partial charge in [0.2, 0.25) is 0 Å². The van der Waals surface area contributed by atoms with Crippen molar-refractivity contribution in [2.45, 2.75) is 19.4 Å². The van der Waals surface area contributed by atoms with E-state index in [1.54, 1.807) is 0 Å². The number of nitriles is 1. The number of likely N-dealkylation sites (tertiary alicyclic amines) is 1. The summed E-state index contributed by atoms with van der Waals surface area (Å²) in [6, 6.07) is 12.8. The Morgan fingerprint density at radius 3 is 3.11 bits per heavy atom. The maximum atomic E-state index is 9.06. The first kappa shape index (κ1) is 12.1. The Balaban J connectivity index is 1.83. The summed E-state index contributed by atoms with van der Waals surface area (Å²) in [5.74, 6) is 0.191. The molecule has 1 atom stereocenters. The zero-order chi connectivity index (χ0) is 13.1. The summed E-state index contributed by atoms with van der Waals surface area (Å²) < 4.78 is 0. The highest BCUT2D eigenvalue weighted by molar-refractivity contribution is 5.81. The number of aromatic nitrogens is 1. The number of para-hydroxylation sites is 1. The fourth-order valence-corrected chi connectivity index (χ4v) is 2.84. The van der Waals surface area contributed by atoms with Gasteiger partial charge >= 0.3 is 0 Å². The molecule has 0 aliphatic carbocycles. The maximum absolute atomic E-state index is 9.06. The van der Waals surface area contributed by atoms with Crippen LogP contribution in [0.25, 0.3) is 10.9 Å². The van der Waals surface area contributed by atoms with Crippen LogP contribution in [0.3, 0.4) is 0 Å². The minimum Gasteiger partial charge on any atom is -0.298 e. The number of benzene rings is 1. The fourth-order valence-electron chi connectivity index (χ4n) is 2.84. The van der Waals surface area contributed by atoms with E-state index in [2.05, 4.69) is 40.2 Å². The van der Waals surface area contributed by atoms with E-state index in [0.717, 1.165) is 38.0 Å². The number of piperidine rings is 1. The third kappa shape index (κ3) is 2.59. The van der Waals surface area contributed by atoms with Crippen LogP contribution >= 0.6 is 0 Å². The summed E-state index contributed by atoms with van der Waals surface area (Å²) in [6.45, 7) is 2.87. The van der Waals surface area contributed by atoms with Crippen LogP contribution in [0.15, 0.2) is 36.5 Å². The molecule has 1 aromatic carbocycles. The van der Waals surface area contributed by atoms with Crippen LogP contribution in [0.2, 0.25) is 0 Å². The normalized spacial score (nSPS) is 20.3. The van der Waals surface area contributed by atoms with Crippen molar-refractivity contribution >= 4 is 10.9 Å². The van der Waals surface area contributed by atoms with Gasteiger partial charge in [0.1, 0.15) is 0 Å². The largest absolute Gasteiger partial charge is 0.298 e. The smallest absolute Gasteiger partial charge is 0.0746 e. The molecule has 2 heterocycles. The zero-order valence-corrected chi connectivity index (χ0v) is 10.9. The molecule has 0 amide bonds. The summed E-state index contributed by atoms with van der Waals surface area (Å²) in [5.41, 5.74) is 2.35. The van der Waals surface area contributed by atoms with E-state index in [1.165, 1.54) is 10.9 Å². The number of rotatable bonds is 2. The van der Waals surface area contributed by atoms with E-state index >= 15 is 0 Å². The fraction of sp³-hybridized carbons (Fsp3) is 0.375. The number of pyridine rings is 1. The van der Waals surface area contributed by atoms with Crippen LogP contribution in [0.4, 0.5) is 0 Å². The minimum absolute atomic E-state index is 0.191. The Kier molecular flexibility index (Phi) is 3.43. The van der Waals surface area contributed by atoms with Crippen molar-refractivity contribution in [3.05, 3.63) is 42.1 Å². The van der Waals surface area contributed by atoms with Crippen molar-refractivity contribution in [1.29, 1.82) is 5.26 Å². The molecule has 1 aliphatic heterocycles. The molecule has 3 nitrogen and oxygen atoms in total. The van der Waals surface area contributed by atoms with Crippen LogP contribution in [-0.2, 0) is 6.54 Å². The van der Waals surface area contributed by atoms with Crippen molar-refractivity contribution in [3.63, 3.8) is 0 Å². The Labute approximate surface area is 113 Å². The Morgan fingerprint density at radius 1 is 1.32 bits per heavy atom. The molecule has 0 bridgehead atoms. The van der Waals surface area contributed by atoms with Crippen LogP contribution in [0.5, 0.6) is 0 Å². The molecule has 1 fully saturated rings. The van der Waals surface area contributed by atoms with Crippen molar-refractivity contribution in [3.8, 4) is 6.07 Å². The molecule has 1 saturated heterocycles. The summed E-state index contributed by atoms with van der Waals surface area (Å²) in [5, 5.41) is 10.2. The van der Waals surface area contributed by atoms with Gasteiger partial charge in [0.25, 0.3) is 0 Å². The summed E-state index contributed by atoms with van der Waals surface area (Å²) in [7, 11) is 0. The third-order valence-corrected chi connectivity index (χ3v) is 3.80. The number of fused-ring (bicyclic) bond motifs is 1. The zero-order valence-electron chi connectivity index (χ0n) is 10.9. The van der Waals surface area contributed by atoms with Crippen LogP contribution in [0, 0.1) is 17.2 Å². The first-order valence-electron chi connectivity index (χ1n) is 6.81. The van der Waals surface area contributed by atoms with Crippen LogP contribution < -0.4 is 0 Å². The van der Waals surface area contributed by atoms with Crippen LogP contribution in [0.1, 0.15) is 18.4 Å². The molecule has 0 N–H and O–H groups in total. The predicted octanol–water partition coefficient (Wildman–Crippen LogP) is 2.97. The van der Waals surface area contributed by atoms with Crippen molar-refractivity contribution in [1.82, 2.24) is 9.88 Å². The van der Waals surface area contributed by atoms with E-state index in [1.807, 2.05) is 12.3 Å². The average Bonchev–Trinajstić information content (AvgIpc) is 2.48. The minimum atomic E-state index is 0.191. The predicted molar refractivity (Wildman–Crippen MR) is 75.4 cm³/mol. The summed E-state index contributed by atoms with van der Waals surface area (Å²) >= 11 is 0. The van der Waals surface area contributed by atoms with Gasteiger partial charge in [0.05, 0.1) is 17.5 Å². The van der Waals surface area contributed by atoms with Gasteiger partial charge in [0.15, 0.2) is 0 Å². The Morgan fingerprint density at radius 2 is 2.21 bits per heavy atom. The van der Waals surface area contributed by atoms with Gasteiger partial charge in [-0.1, -0.05) is 24.3 Å². The van der Waals surface area contributed by atoms with Gasteiger partial charge in [-0.2, -0.15) is 5.26 Å². The van der Waals surface area contributed by atoms with Crippen molar-refractivity contribution < 1.29 is 0 Å². The van der Waals surface area contributed by atoms with Gasteiger partial charge in [-0.3, -0.25) is 9.88 Å². The van der Waals surface area contributed by atoms with Crippen molar-refractivity contribution in [2.24, 2.45) is 5.92 Å². The van der Waals surface area contributed by atoms with Crippen molar-refractivity contribution in [2.75, 3.05) is 13.1 Å². The number of hydrogen-bond acceptors (Lipinski definition) is 3. The molecular formula is C16H17N3. The molecule has 1 aliphatic rings. The monoisotopic (exact) mass is 251 g/mol. The highest BCUT2D eigenvalue weighted by atomic mass is 15.1. The first-order chi connectivity index (χ1) is 9.36. The highest BCUT2D eigenvalue weighted by Gasteiger charge is 2.19. The van der Waals surface area contributed by atoms with E-state index in [-0.39, 0.29) is 5.92 Å². The maximum Gasteiger partial charge on any atom is 0.0746 e. The Hall–Kier alpha value is -1.92. The standard InChI is InChI=1S/C16H17N3/c17-10-13-4-3-9-19(11-13)12-15-6-1-5-14-7-2-8-18-16(14)15/h1-2,5-8,13H,3-4,9,11-12H2. The Bertz CT molecular complexity index is 609. The molecule has 2 aromatic rings. The number of nitrogens with zero attached hydrogens (tertiary/aromatic N) is 3. The quantitative estimate of drug-likeness (QED) is 0.823. The lowest BCUT2D eigenvalue weighted by atomic mass is 9.99. The topological polar surface area (TPSA) is 39.9 Å². The molecule has 19 heavy (non-hydrogen) atoms.